The highest BCUT2D eigenvalue weighted by Crippen LogP contribution is 2.30. The van der Waals surface area contributed by atoms with Crippen LogP contribution >= 0.6 is 11.6 Å². The van der Waals surface area contributed by atoms with E-state index in [-0.39, 0.29) is 0 Å². The van der Waals surface area contributed by atoms with E-state index in [9.17, 15) is 0 Å². The van der Waals surface area contributed by atoms with E-state index in [4.69, 9.17) is 11.6 Å². The molecule has 0 atom stereocenters. The molecule has 0 amide bonds. The summed E-state index contributed by atoms with van der Waals surface area (Å²) in [5, 5.41) is 0.952. The molecule has 1 aliphatic rings. The average Bonchev–Trinajstić information content (AvgIpc) is 2.51. The van der Waals surface area contributed by atoms with Crippen molar-refractivity contribution in [2.45, 2.75) is 20.3 Å². The first kappa shape index (κ1) is 9.60. The molecule has 0 fully saturated rings. The van der Waals surface area contributed by atoms with Crippen molar-refractivity contribution in [3.8, 4) is 0 Å². The topological polar surface area (TPSA) is 3.24 Å². The fraction of sp³-hybridized carbons (Fsp3) is 0.333. The Kier molecular flexibility index (Phi) is 2.51. The zero-order valence-electron chi connectivity index (χ0n) is 8.55. The van der Waals surface area contributed by atoms with Crippen LogP contribution in [0.25, 0.3) is 0 Å². The minimum atomic E-state index is 0.952. The van der Waals surface area contributed by atoms with Gasteiger partial charge in [0.1, 0.15) is 0 Å². The van der Waals surface area contributed by atoms with Gasteiger partial charge in [-0.2, -0.15) is 0 Å². The molecule has 0 N–H and O–H groups in total. The average molecular weight is 208 g/mol. The van der Waals surface area contributed by atoms with Crippen LogP contribution in [0, 0.1) is 13.8 Å². The predicted octanol–water partition coefficient (Wildman–Crippen LogP) is 3.59. The largest absolute Gasteiger partial charge is 0.346 e. The normalized spacial score (nSPS) is 15.9. The SMILES string of the molecule is Cc1cccc(C)c1N1C=C(Cl)CC1. The van der Waals surface area contributed by atoms with Gasteiger partial charge in [0.25, 0.3) is 0 Å². The van der Waals surface area contributed by atoms with Gasteiger partial charge in [0, 0.05) is 29.9 Å². The molecule has 0 unspecified atom stereocenters. The molecule has 0 saturated carbocycles. The quantitative estimate of drug-likeness (QED) is 0.680. The Balaban J connectivity index is 2.41. The first-order chi connectivity index (χ1) is 6.68. The molecule has 74 valence electrons. The molecule has 1 aromatic carbocycles. The van der Waals surface area contributed by atoms with Crippen LogP contribution in [0.2, 0.25) is 0 Å². The zero-order valence-corrected chi connectivity index (χ0v) is 9.30. The molecule has 1 aliphatic heterocycles. The summed E-state index contributed by atoms with van der Waals surface area (Å²) in [5.74, 6) is 0. The number of nitrogens with zero attached hydrogens (tertiary/aromatic N) is 1. The zero-order chi connectivity index (χ0) is 10.1. The maximum absolute atomic E-state index is 5.98. The molecule has 1 heterocycles. The molecular weight excluding hydrogens is 194 g/mol. The molecule has 14 heavy (non-hydrogen) atoms. The fourth-order valence-electron chi connectivity index (χ4n) is 1.96. The van der Waals surface area contributed by atoms with Gasteiger partial charge in [-0.05, 0) is 25.0 Å². The number of para-hydroxylation sites is 1. The van der Waals surface area contributed by atoms with Gasteiger partial charge in [-0.15, -0.1) is 0 Å². The molecule has 0 aliphatic carbocycles. The highest BCUT2D eigenvalue weighted by Gasteiger charge is 2.15. The van der Waals surface area contributed by atoms with Gasteiger partial charge in [0.05, 0.1) is 0 Å². The summed E-state index contributed by atoms with van der Waals surface area (Å²) in [7, 11) is 0. The Morgan fingerprint density at radius 1 is 1.21 bits per heavy atom. The van der Waals surface area contributed by atoms with Crippen molar-refractivity contribution in [3.63, 3.8) is 0 Å². The Morgan fingerprint density at radius 3 is 2.36 bits per heavy atom. The summed E-state index contributed by atoms with van der Waals surface area (Å²) in [6.45, 7) is 5.29. The fourth-order valence-corrected chi connectivity index (χ4v) is 2.16. The summed E-state index contributed by atoms with van der Waals surface area (Å²) in [6.07, 6.45) is 3.01. The van der Waals surface area contributed by atoms with Crippen molar-refractivity contribution in [2.24, 2.45) is 0 Å². The van der Waals surface area contributed by atoms with Crippen LogP contribution < -0.4 is 4.90 Å². The Hall–Kier alpha value is -0.950. The van der Waals surface area contributed by atoms with Gasteiger partial charge < -0.3 is 4.90 Å². The second-order valence-electron chi connectivity index (χ2n) is 3.76. The van der Waals surface area contributed by atoms with E-state index < -0.39 is 0 Å². The van der Waals surface area contributed by atoms with Crippen LogP contribution in [-0.4, -0.2) is 6.54 Å². The lowest BCUT2D eigenvalue weighted by Gasteiger charge is -2.20. The van der Waals surface area contributed by atoms with Gasteiger partial charge in [-0.1, -0.05) is 29.8 Å². The number of rotatable bonds is 1. The standard InChI is InChI=1S/C12H14ClN/c1-9-4-3-5-10(2)12(9)14-7-6-11(13)8-14/h3-5,8H,6-7H2,1-2H3. The molecule has 0 radical (unpaired) electrons. The Bertz CT molecular complexity index is 362. The van der Waals surface area contributed by atoms with Crippen molar-refractivity contribution in [2.75, 3.05) is 11.4 Å². The third-order valence-electron chi connectivity index (χ3n) is 2.61. The van der Waals surface area contributed by atoms with Crippen LogP contribution in [-0.2, 0) is 0 Å². The van der Waals surface area contributed by atoms with Crippen LogP contribution in [0.3, 0.4) is 0 Å². The van der Waals surface area contributed by atoms with E-state index >= 15 is 0 Å². The lowest BCUT2D eigenvalue weighted by atomic mass is 10.1. The number of benzene rings is 1. The minimum absolute atomic E-state index is 0.952. The van der Waals surface area contributed by atoms with E-state index in [0.29, 0.717) is 0 Å². The number of halogens is 1. The van der Waals surface area contributed by atoms with Crippen molar-refractivity contribution in [1.29, 1.82) is 0 Å². The lowest BCUT2D eigenvalue weighted by molar-refractivity contribution is 0.982. The summed E-state index contributed by atoms with van der Waals surface area (Å²) >= 11 is 5.98. The molecule has 0 saturated heterocycles. The van der Waals surface area contributed by atoms with E-state index in [0.717, 1.165) is 18.0 Å². The summed E-state index contributed by atoms with van der Waals surface area (Å²) in [5.41, 5.74) is 3.93. The third-order valence-corrected chi connectivity index (χ3v) is 2.90. The molecule has 2 heteroatoms. The van der Waals surface area contributed by atoms with Crippen molar-refractivity contribution >= 4 is 17.3 Å². The second kappa shape index (κ2) is 3.66. The number of hydrogen-bond donors (Lipinski definition) is 0. The third kappa shape index (κ3) is 1.64. The molecular formula is C12H14ClN. The van der Waals surface area contributed by atoms with Gasteiger partial charge in [0.15, 0.2) is 0 Å². The number of anilines is 1. The summed E-state index contributed by atoms with van der Waals surface area (Å²) < 4.78 is 0. The van der Waals surface area contributed by atoms with Gasteiger partial charge in [0.2, 0.25) is 0 Å². The number of hydrogen-bond acceptors (Lipinski definition) is 1. The van der Waals surface area contributed by atoms with Crippen LogP contribution in [0.5, 0.6) is 0 Å². The van der Waals surface area contributed by atoms with Gasteiger partial charge in [-0.3, -0.25) is 0 Å². The smallest absolute Gasteiger partial charge is 0.0465 e. The second-order valence-corrected chi connectivity index (χ2v) is 4.25. The van der Waals surface area contributed by atoms with Crippen LogP contribution in [0.4, 0.5) is 5.69 Å². The van der Waals surface area contributed by atoms with Crippen LogP contribution in [0.1, 0.15) is 17.5 Å². The van der Waals surface area contributed by atoms with Crippen LogP contribution in [0.15, 0.2) is 29.4 Å². The maximum Gasteiger partial charge on any atom is 0.0465 e. The van der Waals surface area contributed by atoms with Gasteiger partial charge in [-0.25, -0.2) is 0 Å². The Labute approximate surface area is 90.0 Å². The number of aryl methyl sites for hydroxylation is 2. The molecule has 2 rings (SSSR count). The van der Waals surface area contributed by atoms with E-state index in [1.807, 2.05) is 6.20 Å². The monoisotopic (exact) mass is 207 g/mol. The van der Waals surface area contributed by atoms with E-state index in [2.05, 4.69) is 36.9 Å². The predicted molar refractivity (Wildman–Crippen MR) is 61.8 cm³/mol. The highest BCUT2D eigenvalue weighted by molar-refractivity contribution is 6.30. The first-order valence-corrected chi connectivity index (χ1v) is 5.25. The molecule has 1 aromatic rings. The van der Waals surface area contributed by atoms with Crippen molar-refractivity contribution in [3.05, 3.63) is 40.6 Å². The molecule has 0 bridgehead atoms. The van der Waals surface area contributed by atoms with Gasteiger partial charge >= 0.3 is 0 Å². The summed E-state index contributed by atoms with van der Waals surface area (Å²) in [6, 6.07) is 6.38. The molecule has 0 aromatic heterocycles. The van der Waals surface area contributed by atoms with Crippen molar-refractivity contribution in [1.82, 2.24) is 0 Å². The first-order valence-electron chi connectivity index (χ1n) is 4.87. The lowest BCUT2D eigenvalue weighted by Crippen LogP contribution is -2.14. The van der Waals surface area contributed by atoms with Crippen molar-refractivity contribution < 1.29 is 0 Å². The highest BCUT2D eigenvalue weighted by atomic mass is 35.5. The summed E-state index contributed by atoms with van der Waals surface area (Å²) in [4.78, 5) is 2.24. The molecule has 1 nitrogen and oxygen atoms in total. The maximum atomic E-state index is 5.98. The Morgan fingerprint density at radius 2 is 1.86 bits per heavy atom. The molecule has 0 spiro atoms. The van der Waals surface area contributed by atoms with E-state index in [1.54, 1.807) is 0 Å². The van der Waals surface area contributed by atoms with E-state index in [1.165, 1.54) is 16.8 Å². The minimum Gasteiger partial charge on any atom is -0.346 e.